The quantitative estimate of drug-likeness (QED) is 0.687. The number of rotatable bonds is 1. The summed E-state index contributed by atoms with van der Waals surface area (Å²) in [6.45, 7) is 4.17. The van der Waals surface area contributed by atoms with Crippen molar-refractivity contribution in [1.29, 1.82) is 0 Å². The smallest absolute Gasteiger partial charge is 0.239 e. The Balaban J connectivity index is 0.00000169. The summed E-state index contributed by atoms with van der Waals surface area (Å²) in [5.74, 6) is 1.13. The van der Waals surface area contributed by atoms with Crippen LogP contribution in [0.25, 0.3) is 0 Å². The second kappa shape index (κ2) is 5.68. The molecule has 1 saturated heterocycles. The molecule has 84 valence electrons. The van der Waals surface area contributed by atoms with Gasteiger partial charge in [-0.2, -0.15) is 0 Å². The first-order valence-corrected chi connectivity index (χ1v) is 5.92. The largest absolute Gasteiger partial charge is 0.337 e. The van der Waals surface area contributed by atoms with Crippen molar-refractivity contribution in [3.8, 4) is 0 Å². The van der Waals surface area contributed by atoms with E-state index < -0.39 is 16.8 Å². The van der Waals surface area contributed by atoms with Gasteiger partial charge >= 0.3 is 0 Å². The van der Waals surface area contributed by atoms with E-state index in [0.29, 0.717) is 18.1 Å². The number of carbonyl (C=O) groups is 1. The molecule has 0 saturated carbocycles. The maximum absolute atomic E-state index is 11.5. The molecule has 1 aliphatic rings. The highest BCUT2D eigenvalue weighted by Gasteiger charge is 2.27. The first-order chi connectivity index (χ1) is 6.02. The molecule has 1 aliphatic heterocycles. The first kappa shape index (κ1) is 13.9. The molecule has 0 spiro atoms. The van der Waals surface area contributed by atoms with Crippen LogP contribution >= 0.6 is 12.4 Å². The molecule has 1 rings (SSSR count). The minimum atomic E-state index is -0.755. The highest BCUT2D eigenvalue weighted by atomic mass is 35.5. The summed E-state index contributed by atoms with van der Waals surface area (Å²) in [5.41, 5.74) is 5.50. The van der Waals surface area contributed by atoms with Gasteiger partial charge in [0, 0.05) is 34.9 Å². The van der Waals surface area contributed by atoms with Gasteiger partial charge in [0.25, 0.3) is 0 Å². The van der Waals surface area contributed by atoms with E-state index in [1.807, 2.05) is 6.92 Å². The Morgan fingerprint density at radius 2 is 2.21 bits per heavy atom. The van der Waals surface area contributed by atoms with Gasteiger partial charge in [0.05, 0.1) is 6.04 Å². The van der Waals surface area contributed by atoms with Gasteiger partial charge in [-0.15, -0.1) is 12.4 Å². The summed E-state index contributed by atoms with van der Waals surface area (Å²) < 4.78 is 11.2. The average Bonchev–Trinajstić information content (AvgIpc) is 2.03. The third-order valence-electron chi connectivity index (χ3n) is 2.19. The Morgan fingerprint density at radius 3 is 2.64 bits per heavy atom. The second-order valence-electron chi connectivity index (χ2n) is 3.48. The van der Waals surface area contributed by atoms with E-state index in [1.165, 1.54) is 0 Å². The van der Waals surface area contributed by atoms with Gasteiger partial charge in [-0.1, -0.05) is 0 Å². The molecule has 0 aromatic rings. The highest BCUT2D eigenvalue weighted by molar-refractivity contribution is 7.85. The first-order valence-electron chi connectivity index (χ1n) is 4.43. The van der Waals surface area contributed by atoms with E-state index in [1.54, 1.807) is 11.8 Å². The normalized spacial score (nSPS) is 29.2. The molecule has 0 bridgehead atoms. The van der Waals surface area contributed by atoms with E-state index in [4.69, 9.17) is 5.73 Å². The van der Waals surface area contributed by atoms with E-state index in [2.05, 4.69) is 0 Å². The molecule has 1 amide bonds. The molecular weight excluding hydrogens is 224 g/mol. The topological polar surface area (TPSA) is 63.4 Å². The van der Waals surface area contributed by atoms with Crippen LogP contribution in [0.5, 0.6) is 0 Å². The van der Waals surface area contributed by atoms with Gasteiger partial charge in [-0.05, 0) is 13.8 Å². The van der Waals surface area contributed by atoms with Crippen LogP contribution in [0.4, 0.5) is 0 Å². The minimum absolute atomic E-state index is 0. The third kappa shape index (κ3) is 3.22. The van der Waals surface area contributed by atoms with Gasteiger partial charge in [-0.25, -0.2) is 0 Å². The number of halogens is 1. The third-order valence-corrected chi connectivity index (χ3v) is 3.68. The molecule has 14 heavy (non-hydrogen) atoms. The van der Waals surface area contributed by atoms with Crippen LogP contribution in [-0.2, 0) is 15.6 Å². The average molecular weight is 241 g/mol. The van der Waals surface area contributed by atoms with Crippen LogP contribution in [0.15, 0.2) is 0 Å². The summed E-state index contributed by atoms with van der Waals surface area (Å²) in [4.78, 5) is 13.2. The summed E-state index contributed by atoms with van der Waals surface area (Å²) >= 11 is 0. The van der Waals surface area contributed by atoms with Gasteiger partial charge in [0.2, 0.25) is 5.91 Å². The molecule has 1 fully saturated rings. The molecule has 0 aromatic carbocycles. The van der Waals surface area contributed by atoms with Crippen LogP contribution in [0, 0.1) is 0 Å². The number of nitrogens with zero attached hydrogens (tertiary/aromatic N) is 1. The van der Waals surface area contributed by atoms with Crippen molar-refractivity contribution >= 4 is 29.1 Å². The van der Waals surface area contributed by atoms with Crippen LogP contribution in [0.3, 0.4) is 0 Å². The standard InChI is InChI=1S/C8H16N2O2S.ClH/c1-6-5-13(12)4-3-10(6)8(11)7(2)9;/h6-7H,3-5,9H2,1-2H3;1H/t6?,7-,13?;/m0./s1. The van der Waals surface area contributed by atoms with Crippen LogP contribution in [0.1, 0.15) is 13.8 Å². The lowest BCUT2D eigenvalue weighted by Gasteiger charge is -2.33. The van der Waals surface area contributed by atoms with Crippen molar-refractivity contribution in [3.05, 3.63) is 0 Å². The molecule has 0 aromatic heterocycles. The van der Waals surface area contributed by atoms with E-state index in [0.717, 1.165) is 0 Å². The fourth-order valence-electron chi connectivity index (χ4n) is 1.45. The summed E-state index contributed by atoms with van der Waals surface area (Å²) in [6.07, 6.45) is 0. The van der Waals surface area contributed by atoms with E-state index in [9.17, 15) is 9.00 Å². The molecule has 0 aliphatic carbocycles. The molecule has 6 heteroatoms. The van der Waals surface area contributed by atoms with Crippen molar-refractivity contribution < 1.29 is 9.00 Å². The molecule has 3 atom stereocenters. The Hall–Kier alpha value is -0.130. The van der Waals surface area contributed by atoms with Crippen molar-refractivity contribution in [2.24, 2.45) is 5.73 Å². The number of amides is 1. The van der Waals surface area contributed by atoms with Gasteiger partial charge in [0.1, 0.15) is 0 Å². The predicted molar refractivity (Wildman–Crippen MR) is 59.9 cm³/mol. The van der Waals surface area contributed by atoms with Gasteiger partial charge in [0.15, 0.2) is 0 Å². The molecule has 2 unspecified atom stereocenters. The lowest BCUT2D eigenvalue weighted by molar-refractivity contribution is -0.133. The Labute approximate surface area is 93.1 Å². The number of hydrogen-bond acceptors (Lipinski definition) is 3. The van der Waals surface area contributed by atoms with Crippen LogP contribution < -0.4 is 5.73 Å². The zero-order chi connectivity index (χ0) is 10.0. The van der Waals surface area contributed by atoms with E-state index >= 15 is 0 Å². The Morgan fingerprint density at radius 1 is 1.64 bits per heavy atom. The van der Waals surface area contributed by atoms with Crippen molar-refractivity contribution in [2.45, 2.75) is 25.9 Å². The fraction of sp³-hybridized carbons (Fsp3) is 0.875. The lowest BCUT2D eigenvalue weighted by atomic mass is 10.2. The number of hydrogen-bond donors (Lipinski definition) is 1. The minimum Gasteiger partial charge on any atom is -0.337 e. The molecular formula is C8H17ClN2O2S. The predicted octanol–water partition coefficient (Wildman–Crippen LogP) is -0.265. The van der Waals surface area contributed by atoms with Crippen LogP contribution in [0.2, 0.25) is 0 Å². The summed E-state index contributed by atoms with van der Waals surface area (Å²) in [7, 11) is -0.755. The van der Waals surface area contributed by atoms with Crippen molar-refractivity contribution in [2.75, 3.05) is 18.1 Å². The lowest BCUT2D eigenvalue weighted by Crippen LogP contribution is -2.52. The maximum Gasteiger partial charge on any atom is 0.239 e. The molecule has 0 radical (unpaired) electrons. The fourth-order valence-corrected chi connectivity index (χ4v) is 2.74. The summed E-state index contributed by atoms with van der Waals surface area (Å²) in [6, 6.07) is -0.387. The molecule has 2 N–H and O–H groups in total. The monoisotopic (exact) mass is 240 g/mol. The van der Waals surface area contributed by atoms with E-state index in [-0.39, 0.29) is 24.4 Å². The van der Waals surface area contributed by atoms with Gasteiger partial charge in [-0.3, -0.25) is 9.00 Å². The number of carbonyl (C=O) groups excluding carboxylic acids is 1. The zero-order valence-corrected chi connectivity index (χ0v) is 10.1. The second-order valence-corrected chi connectivity index (χ2v) is 5.10. The van der Waals surface area contributed by atoms with Gasteiger partial charge < -0.3 is 10.6 Å². The zero-order valence-electron chi connectivity index (χ0n) is 8.43. The molecule has 1 heterocycles. The SMILES string of the molecule is CC1CS(=O)CCN1C(=O)[C@H](C)N.Cl. The van der Waals surface area contributed by atoms with Crippen LogP contribution in [-0.4, -0.2) is 45.2 Å². The van der Waals surface area contributed by atoms with Crippen molar-refractivity contribution in [3.63, 3.8) is 0 Å². The van der Waals surface area contributed by atoms with Crippen molar-refractivity contribution in [1.82, 2.24) is 4.90 Å². The molecule has 4 nitrogen and oxygen atoms in total. The highest BCUT2D eigenvalue weighted by Crippen LogP contribution is 2.09. The number of nitrogens with two attached hydrogens (primary N) is 1. The maximum atomic E-state index is 11.5. The Bertz CT molecular complexity index is 235. The summed E-state index contributed by atoms with van der Waals surface area (Å²) in [5, 5.41) is 0. The Kier molecular flexibility index (Phi) is 5.63.